The molecule has 2 heterocycles. The van der Waals surface area contributed by atoms with E-state index in [1.54, 1.807) is 6.20 Å². The molecular formula is C25H25ClN6O. The Morgan fingerprint density at radius 3 is 2.91 bits per heavy atom. The fourth-order valence-electron chi connectivity index (χ4n) is 3.93. The predicted molar refractivity (Wildman–Crippen MR) is 134 cm³/mol. The Labute approximate surface area is 196 Å². The zero-order valence-corrected chi connectivity index (χ0v) is 19.0. The van der Waals surface area contributed by atoms with E-state index < -0.39 is 0 Å². The smallest absolute Gasteiger partial charge is 0.261 e. The van der Waals surface area contributed by atoms with E-state index >= 15 is 0 Å². The normalized spacial score (nSPS) is 14.1. The zero-order chi connectivity index (χ0) is 22.9. The van der Waals surface area contributed by atoms with Crippen LogP contribution in [0.5, 0.6) is 0 Å². The summed E-state index contributed by atoms with van der Waals surface area (Å²) in [7, 11) is 0. The summed E-state index contributed by atoms with van der Waals surface area (Å²) in [4.78, 5) is 28.1. The van der Waals surface area contributed by atoms with Gasteiger partial charge in [-0.2, -0.15) is 0 Å². The van der Waals surface area contributed by atoms with Gasteiger partial charge in [-0.3, -0.25) is 9.79 Å². The number of hydrogen-bond donors (Lipinski definition) is 4. The largest absolute Gasteiger partial charge is 0.384 e. The van der Waals surface area contributed by atoms with E-state index in [9.17, 15) is 4.79 Å². The lowest BCUT2D eigenvalue weighted by molar-refractivity contribution is 1.02. The molecule has 5 rings (SSSR count). The molecule has 33 heavy (non-hydrogen) atoms. The van der Waals surface area contributed by atoms with Gasteiger partial charge < -0.3 is 21.0 Å². The number of pyridine rings is 1. The van der Waals surface area contributed by atoms with E-state index in [1.165, 1.54) is 0 Å². The summed E-state index contributed by atoms with van der Waals surface area (Å²) in [6.07, 6.45) is 4.60. The van der Waals surface area contributed by atoms with Gasteiger partial charge in [-0.05, 0) is 67.6 Å². The summed E-state index contributed by atoms with van der Waals surface area (Å²) in [6, 6.07) is 13.9. The molecule has 0 radical (unpaired) electrons. The van der Waals surface area contributed by atoms with Crippen LogP contribution in [0.2, 0.25) is 5.02 Å². The second kappa shape index (κ2) is 8.75. The Bertz CT molecular complexity index is 1420. The van der Waals surface area contributed by atoms with Crippen LogP contribution in [0, 0.1) is 6.92 Å². The van der Waals surface area contributed by atoms with Crippen LogP contribution in [0.25, 0.3) is 22.4 Å². The average molecular weight is 461 g/mol. The van der Waals surface area contributed by atoms with E-state index in [1.807, 2.05) is 49.4 Å². The number of H-pyrrole nitrogens is 2. The summed E-state index contributed by atoms with van der Waals surface area (Å²) in [5.41, 5.74) is 11.8. The minimum atomic E-state index is -0.213. The maximum absolute atomic E-state index is 12.8. The van der Waals surface area contributed by atoms with Crippen LogP contribution in [0.1, 0.15) is 29.5 Å². The van der Waals surface area contributed by atoms with E-state index in [2.05, 4.69) is 20.3 Å². The first-order valence-electron chi connectivity index (χ1n) is 11.0. The third-order valence-electron chi connectivity index (χ3n) is 5.76. The number of imidazole rings is 1. The van der Waals surface area contributed by atoms with Gasteiger partial charge in [0.1, 0.15) is 17.2 Å². The summed E-state index contributed by atoms with van der Waals surface area (Å²) in [5, 5.41) is 4.09. The van der Waals surface area contributed by atoms with Crippen LogP contribution >= 0.6 is 11.6 Å². The van der Waals surface area contributed by atoms with Gasteiger partial charge in [-0.15, -0.1) is 0 Å². The Kier molecular flexibility index (Phi) is 5.64. The first kappa shape index (κ1) is 21.3. The molecule has 2 aromatic carbocycles. The number of rotatable bonds is 7. The summed E-state index contributed by atoms with van der Waals surface area (Å²) in [6.45, 7) is 2.63. The molecule has 5 N–H and O–H groups in total. The summed E-state index contributed by atoms with van der Waals surface area (Å²) < 4.78 is 0. The van der Waals surface area contributed by atoms with Gasteiger partial charge in [0.05, 0.1) is 22.8 Å². The fraction of sp³-hybridized carbons (Fsp3) is 0.240. The monoisotopic (exact) mass is 460 g/mol. The number of nitrogens with zero attached hydrogens (tertiary/aromatic N) is 2. The molecule has 1 fully saturated rings. The molecule has 0 bridgehead atoms. The van der Waals surface area contributed by atoms with Crippen molar-refractivity contribution >= 4 is 34.2 Å². The predicted octanol–water partition coefficient (Wildman–Crippen LogP) is 4.40. The van der Waals surface area contributed by atoms with Gasteiger partial charge >= 0.3 is 0 Å². The Hall–Kier alpha value is -3.58. The summed E-state index contributed by atoms with van der Waals surface area (Å²) >= 11 is 6.08. The van der Waals surface area contributed by atoms with Crippen molar-refractivity contribution in [1.82, 2.24) is 15.0 Å². The number of nitrogens with two attached hydrogens (primary N) is 1. The lowest BCUT2D eigenvalue weighted by Gasteiger charge is -2.10. The number of aliphatic imine (C=N–C) groups is 1. The van der Waals surface area contributed by atoms with Crippen LogP contribution < -0.4 is 16.6 Å². The molecule has 1 aliphatic rings. The Morgan fingerprint density at radius 1 is 1.27 bits per heavy atom. The number of fused-ring (bicyclic) bond motifs is 1. The van der Waals surface area contributed by atoms with E-state index in [0.29, 0.717) is 40.5 Å². The number of nitrogens with one attached hydrogen (secondary N) is 3. The van der Waals surface area contributed by atoms with Crippen LogP contribution in [0.15, 0.2) is 58.4 Å². The van der Waals surface area contributed by atoms with Crippen LogP contribution in [0.4, 0.5) is 5.69 Å². The van der Waals surface area contributed by atoms with Crippen molar-refractivity contribution < 1.29 is 0 Å². The third-order valence-corrected chi connectivity index (χ3v) is 5.99. The number of hydrogen-bond acceptors (Lipinski definition) is 4. The first-order valence-corrected chi connectivity index (χ1v) is 11.4. The number of amidine groups is 1. The molecule has 0 amide bonds. The van der Waals surface area contributed by atoms with E-state index in [4.69, 9.17) is 22.3 Å². The van der Waals surface area contributed by atoms with Gasteiger partial charge in [-0.25, -0.2) is 4.98 Å². The van der Waals surface area contributed by atoms with Crippen LogP contribution in [0.3, 0.4) is 0 Å². The van der Waals surface area contributed by atoms with Crippen molar-refractivity contribution in [3.8, 4) is 11.4 Å². The average Bonchev–Trinajstić information content (AvgIpc) is 3.49. The lowest BCUT2D eigenvalue weighted by Crippen LogP contribution is -2.14. The first-order chi connectivity index (χ1) is 16.0. The van der Waals surface area contributed by atoms with Crippen LogP contribution in [-0.4, -0.2) is 33.4 Å². The molecule has 0 unspecified atom stereocenters. The van der Waals surface area contributed by atoms with Crippen molar-refractivity contribution in [2.75, 3.05) is 11.9 Å². The van der Waals surface area contributed by atoms with Gasteiger partial charge in [-0.1, -0.05) is 23.7 Å². The van der Waals surface area contributed by atoms with Crippen molar-refractivity contribution in [2.45, 2.75) is 32.2 Å². The molecular weight excluding hydrogens is 436 g/mol. The molecule has 0 saturated heterocycles. The van der Waals surface area contributed by atoms with Gasteiger partial charge in [0, 0.05) is 23.3 Å². The number of halogens is 1. The fourth-order valence-corrected chi connectivity index (χ4v) is 4.14. The Balaban J connectivity index is 1.45. The SMILES string of the molecule is Cc1cc(C(N)=NC2CC2)cc2[nH]c(-c3c(NCCc4cccc(Cl)c4)cc[nH]c3=O)nc12. The molecule has 0 aliphatic heterocycles. The molecule has 4 aromatic rings. The number of aromatic amines is 2. The van der Waals surface area contributed by atoms with Crippen molar-refractivity contribution in [3.05, 3.63) is 80.7 Å². The van der Waals surface area contributed by atoms with Gasteiger partial charge in [0.2, 0.25) is 0 Å². The molecule has 0 spiro atoms. The quantitative estimate of drug-likeness (QED) is 0.242. The molecule has 7 nitrogen and oxygen atoms in total. The topological polar surface area (TPSA) is 112 Å². The van der Waals surface area contributed by atoms with Crippen LogP contribution in [-0.2, 0) is 6.42 Å². The molecule has 168 valence electrons. The zero-order valence-electron chi connectivity index (χ0n) is 18.3. The summed E-state index contributed by atoms with van der Waals surface area (Å²) in [5.74, 6) is 1.05. The van der Waals surface area contributed by atoms with E-state index in [0.717, 1.165) is 47.0 Å². The third kappa shape index (κ3) is 4.64. The van der Waals surface area contributed by atoms with Crippen molar-refractivity contribution in [3.63, 3.8) is 0 Å². The highest BCUT2D eigenvalue weighted by atomic mass is 35.5. The highest BCUT2D eigenvalue weighted by Crippen LogP contribution is 2.28. The number of aromatic nitrogens is 3. The highest BCUT2D eigenvalue weighted by Gasteiger charge is 2.21. The lowest BCUT2D eigenvalue weighted by atomic mass is 10.1. The van der Waals surface area contributed by atoms with Crippen molar-refractivity contribution in [2.24, 2.45) is 10.7 Å². The minimum absolute atomic E-state index is 0.213. The Morgan fingerprint density at radius 2 is 2.12 bits per heavy atom. The second-order valence-electron chi connectivity index (χ2n) is 8.42. The number of anilines is 1. The van der Waals surface area contributed by atoms with E-state index in [-0.39, 0.29) is 5.56 Å². The number of aryl methyl sites for hydroxylation is 1. The maximum atomic E-state index is 12.8. The second-order valence-corrected chi connectivity index (χ2v) is 8.86. The van der Waals surface area contributed by atoms with Gasteiger partial charge in [0.25, 0.3) is 5.56 Å². The molecule has 1 saturated carbocycles. The molecule has 1 aliphatic carbocycles. The van der Waals surface area contributed by atoms with Crippen molar-refractivity contribution in [1.29, 1.82) is 0 Å². The van der Waals surface area contributed by atoms with Gasteiger partial charge in [0.15, 0.2) is 0 Å². The highest BCUT2D eigenvalue weighted by molar-refractivity contribution is 6.30. The molecule has 0 atom stereocenters. The molecule has 8 heteroatoms. The maximum Gasteiger partial charge on any atom is 0.261 e. The minimum Gasteiger partial charge on any atom is -0.384 e. The molecule has 2 aromatic heterocycles. The standard InChI is InChI=1S/C25H25ClN6O/c1-14-11-16(23(27)30-18-5-6-18)13-20-22(14)32-24(31-20)21-19(8-10-29-25(21)33)28-9-7-15-3-2-4-17(26)12-15/h2-4,8,10-13,18H,5-7,9H2,1H3,(H2,27,30)(H,31,32)(H2,28,29,33). The number of benzene rings is 2.